The summed E-state index contributed by atoms with van der Waals surface area (Å²) in [7, 11) is 1.50. The Labute approximate surface area is 121 Å². The third-order valence-corrected chi connectivity index (χ3v) is 2.91. The zero-order chi connectivity index (χ0) is 15.8. The number of H-pyrrole nitrogens is 1. The smallest absolute Gasteiger partial charge is 0.330 e. The first-order chi connectivity index (χ1) is 9.97. The summed E-state index contributed by atoms with van der Waals surface area (Å²) in [6, 6.07) is 0. The van der Waals surface area contributed by atoms with Gasteiger partial charge in [0.25, 0.3) is 5.56 Å². The van der Waals surface area contributed by atoms with E-state index in [-0.39, 0.29) is 24.0 Å². The summed E-state index contributed by atoms with van der Waals surface area (Å²) in [6.45, 7) is 0.992. The molecule has 1 amide bonds. The summed E-state index contributed by atoms with van der Waals surface area (Å²) in [5.74, 6) is -0.295. The van der Waals surface area contributed by atoms with Gasteiger partial charge >= 0.3 is 5.69 Å². The zero-order valence-corrected chi connectivity index (χ0v) is 12.0. The van der Waals surface area contributed by atoms with Crippen molar-refractivity contribution in [3.05, 3.63) is 20.8 Å². The number of hydrogen-bond donors (Lipinski definition) is 4. The Bertz CT molecular complexity index is 592. The zero-order valence-electron chi connectivity index (χ0n) is 12.0. The minimum absolute atomic E-state index is 0.0655. The van der Waals surface area contributed by atoms with Gasteiger partial charge in [-0.2, -0.15) is 0 Å². The summed E-state index contributed by atoms with van der Waals surface area (Å²) in [5, 5.41) is 2.88. The second-order valence-corrected chi connectivity index (χ2v) is 4.51. The highest BCUT2D eigenvalue weighted by Crippen LogP contribution is 2.10. The molecular weight excluding hydrogens is 278 g/mol. The first-order valence-electron chi connectivity index (χ1n) is 6.61. The molecule has 9 heteroatoms. The van der Waals surface area contributed by atoms with E-state index in [0.717, 1.165) is 0 Å². The van der Waals surface area contributed by atoms with Crippen molar-refractivity contribution in [2.45, 2.75) is 25.8 Å². The lowest BCUT2D eigenvalue weighted by molar-refractivity contribution is -0.118. The average Bonchev–Trinajstić information content (AvgIpc) is 2.41. The summed E-state index contributed by atoms with van der Waals surface area (Å²) in [6.07, 6.45) is 1.56. The molecule has 0 unspecified atom stereocenters. The quantitative estimate of drug-likeness (QED) is 0.423. The van der Waals surface area contributed by atoms with Crippen molar-refractivity contribution < 1.29 is 9.53 Å². The predicted molar refractivity (Wildman–Crippen MR) is 79.1 cm³/mol. The molecule has 6 N–H and O–H groups in total. The van der Waals surface area contributed by atoms with Crippen molar-refractivity contribution in [3.8, 4) is 0 Å². The molecule has 0 atom stereocenters. The second-order valence-electron chi connectivity index (χ2n) is 4.51. The van der Waals surface area contributed by atoms with Crippen LogP contribution in [0, 0.1) is 0 Å². The van der Waals surface area contributed by atoms with Crippen molar-refractivity contribution in [2.75, 3.05) is 31.3 Å². The van der Waals surface area contributed by atoms with Gasteiger partial charge in [0.2, 0.25) is 5.91 Å². The van der Waals surface area contributed by atoms with Gasteiger partial charge in [-0.1, -0.05) is 0 Å². The molecule has 0 saturated heterocycles. The highest BCUT2D eigenvalue weighted by Gasteiger charge is 2.11. The van der Waals surface area contributed by atoms with Gasteiger partial charge in [0.05, 0.1) is 13.2 Å². The van der Waals surface area contributed by atoms with Crippen molar-refractivity contribution >= 4 is 17.4 Å². The maximum atomic E-state index is 11.7. The van der Waals surface area contributed by atoms with Crippen LogP contribution >= 0.6 is 0 Å². The number of primary amides is 1. The highest BCUT2D eigenvalue weighted by molar-refractivity contribution is 5.73. The normalized spacial score (nSPS) is 10.5. The number of ether oxygens (including phenoxy) is 1. The molecule has 1 heterocycles. The Morgan fingerprint density at radius 3 is 2.71 bits per heavy atom. The van der Waals surface area contributed by atoms with Crippen LogP contribution in [0.5, 0.6) is 0 Å². The molecule has 21 heavy (non-hydrogen) atoms. The molecule has 1 aromatic rings. The minimum atomic E-state index is -0.575. The highest BCUT2D eigenvalue weighted by atomic mass is 16.5. The van der Waals surface area contributed by atoms with Crippen LogP contribution in [0.4, 0.5) is 11.5 Å². The summed E-state index contributed by atoms with van der Waals surface area (Å²) < 4.78 is 6.12. The molecule has 0 spiro atoms. The van der Waals surface area contributed by atoms with E-state index < -0.39 is 11.2 Å². The van der Waals surface area contributed by atoms with Gasteiger partial charge in [0.15, 0.2) is 0 Å². The van der Waals surface area contributed by atoms with Crippen LogP contribution < -0.4 is 28.0 Å². The number of amides is 1. The number of nitrogen functional groups attached to an aromatic ring is 1. The number of rotatable bonds is 9. The van der Waals surface area contributed by atoms with E-state index in [2.05, 4.69) is 10.3 Å². The molecule has 0 aromatic carbocycles. The molecule has 0 radical (unpaired) electrons. The number of methoxy groups -OCH3 is 1. The van der Waals surface area contributed by atoms with Crippen LogP contribution in [0.25, 0.3) is 0 Å². The van der Waals surface area contributed by atoms with Gasteiger partial charge in [0, 0.05) is 20.1 Å². The van der Waals surface area contributed by atoms with Gasteiger partial charge in [0.1, 0.15) is 11.5 Å². The minimum Gasteiger partial charge on any atom is -0.383 e. The summed E-state index contributed by atoms with van der Waals surface area (Å²) in [4.78, 5) is 36.2. The fraction of sp³-hybridized carbons (Fsp3) is 0.583. The van der Waals surface area contributed by atoms with E-state index in [1.54, 1.807) is 0 Å². The third kappa shape index (κ3) is 4.95. The molecule has 9 nitrogen and oxygen atoms in total. The predicted octanol–water partition coefficient (Wildman–Crippen LogP) is -1.17. The van der Waals surface area contributed by atoms with Crippen molar-refractivity contribution in [3.63, 3.8) is 0 Å². The molecule has 1 aromatic heterocycles. The largest absolute Gasteiger partial charge is 0.383 e. The number of anilines is 2. The first-order valence-corrected chi connectivity index (χ1v) is 6.61. The summed E-state index contributed by atoms with van der Waals surface area (Å²) in [5.41, 5.74) is 9.87. The van der Waals surface area contributed by atoms with E-state index in [1.807, 2.05) is 0 Å². The lowest BCUT2D eigenvalue weighted by Crippen LogP contribution is -2.35. The molecular formula is C12H21N5O4. The number of aromatic amines is 1. The van der Waals surface area contributed by atoms with Crippen LogP contribution in [-0.4, -0.2) is 35.7 Å². The van der Waals surface area contributed by atoms with Gasteiger partial charge in [-0.15, -0.1) is 0 Å². The van der Waals surface area contributed by atoms with Crippen LogP contribution in [-0.2, 0) is 16.1 Å². The Morgan fingerprint density at radius 1 is 1.38 bits per heavy atom. The van der Waals surface area contributed by atoms with Crippen molar-refractivity contribution in [1.29, 1.82) is 0 Å². The van der Waals surface area contributed by atoms with E-state index in [9.17, 15) is 14.4 Å². The number of carbonyl (C=O) groups is 1. The number of nitrogens with two attached hydrogens (primary N) is 2. The molecule has 118 valence electrons. The molecule has 0 aliphatic heterocycles. The monoisotopic (exact) mass is 299 g/mol. The maximum Gasteiger partial charge on any atom is 0.330 e. The fourth-order valence-electron chi connectivity index (χ4n) is 1.80. The second kappa shape index (κ2) is 8.10. The van der Waals surface area contributed by atoms with Gasteiger partial charge in [-0.05, 0) is 12.8 Å². The first kappa shape index (κ1) is 16.8. The SMILES string of the molecule is COCCn1c(N)c(NCCCCC(N)=O)c(=O)[nH]c1=O. The lowest BCUT2D eigenvalue weighted by Gasteiger charge is -2.13. The Morgan fingerprint density at radius 2 is 2.10 bits per heavy atom. The molecule has 0 bridgehead atoms. The number of aromatic nitrogens is 2. The fourth-order valence-corrected chi connectivity index (χ4v) is 1.80. The van der Waals surface area contributed by atoms with E-state index in [4.69, 9.17) is 16.2 Å². The summed E-state index contributed by atoms with van der Waals surface area (Å²) >= 11 is 0. The Hall–Kier alpha value is -2.29. The van der Waals surface area contributed by atoms with E-state index in [1.165, 1.54) is 11.7 Å². The number of carbonyl (C=O) groups excluding carboxylic acids is 1. The third-order valence-electron chi connectivity index (χ3n) is 2.91. The number of hydrogen-bond acceptors (Lipinski definition) is 6. The molecule has 1 rings (SSSR count). The Kier molecular flexibility index (Phi) is 6.47. The topological polar surface area (TPSA) is 145 Å². The van der Waals surface area contributed by atoms with E-state index in [0.29, 0.717) is 32.4 Å². The van der Waals surface area contributed by atoms with Crippen molar-refractivity contribution in [1.82, 2.24) is 9.55 Å². The lowest BCUT2D eigenvalue weighted by atomic mass is 10.2. The molecule has 0 saturated carbocycles. The van der Waals surface area contributed by atoms with Gasteiger partial charge in [-0.3, -0.25) is 19.1 Å². The van der Waals surface area contributed by atoms with Crippen molar-refractivity contribution in [2.24, 2.45) is 5.73 Å². The molecule has 0 aliphatic rings. The van der Waals surface area contributed by atoms with Crippen LogP contribution in [0.2, 0.25) is 0 Å². The van der Waals surface area contributed by atoms with Gasteiger partial charge in [-0.25, -0.2) is 4.79 Å². The van der Waals surface area contributed by atoms with Crippen LogP contribution in [0.3, 0.4) is 0 Å². The van der Waals surface area contributed by atoms with Crippen LogP contribution in [0.1, 0.15) is 19.3 Å². The van der Waals surface area contributed by atoms with Gasteiger partial charge < -0.3 is 21.5 Å². The Balaban J connectivity index is 2.75. The number of nitrogens with one attached hydrogen (secondary N) is 2. The standard InChI is InChI=1S/C12H21N5O4/c1-21-7-6-17-10(14)9(11(19)16-12(17)20)15-5-3-2-4-8(13)18/h15H,2-7,14H2,1H3,(H2,13,18)(H,16,19,20). The van der Waals surface area contributed by atoms with Crippen LogP contribution in [0.15, 0.2) is 9.59 Å². The maximum absolute atomic E-state index is 11.7. The number of nitrogens with zero attached hydrogens (tertiary/aromatic N) is 1. The molecule has 0 fully saturated rings. The number of unbranched alkanes of at least 4 members (excludes halogenated alkanes) is 1. The average molecular weight is 299 g/mol. The van der Waals surface area contributed by atoms with E-state index >= 15 is 0 Å². The molecule has 0 aliphatic carbocycles.